The van der Waals surface area contributed by atoms with E-state index < -0.39 is 229 Å². The lowest BCUT2D eigenvalue weighted by Gasteiger charge is -2.50. The smallest absolute Gasteiger partial charge is 0.308 e. The van der Waals surface area contributed by atoms with Crippen LogP contribution in [-0.2, 0) is 52.2 Å². The average Bonchev–Trinajstić information content (AvgIpc) is 3.34. The standard InChI is InChI=1S/C42H71NO29/c1-11(48)4-20(49)63-10-19-34(69-40-31(59)25(53)21(13(3)64-40)43-15-5-14(6-44)23(51)26(54)24(15)52)12(2)22(50)39(68-19)70-36-17(8-46)66-42(32(60)28(36)56)72-37-18(9-47)67-41(33(61)29(37)57)71-35-16(7-45)65-38(62)30(58)27(35)55/h5,11-13,15-19,21-48,50-62H,4,6-10H2,1-3H3. The molecule has 30 atom stereocenters. The molecule has 0 aromatic rings. The lowest BCUT2D eigenvalue weighted by Crippen LogP contribution is -2.68. The number of carbonyl (C=O) groups excluding carboxylic acids is 1. The van der Waals surface area contributed by atoms with Gasteiger partial charge in [-0.05, 0) is 19.4 Å². The van der Waals surface area contributed by atoms with Gasteiger partial charge in [-0.25, -0.2) is 0 Å². The molecule has 5 aliphatic heterocycles. The van der Waals surface area contributed by atoms with Crippen molar-refractivity contribution >= 4 is 5.97 Å². The predicted octanol–water partition coefficient (Wildman–Crippen LogP) is -11.3. The van der Waals surface area contributed by atoms with Crippen molar-refractivity contribution in [1.29, 1.82) is 0 Å². The van der Waals surface area contributed by atoms with Crippen molar-refractivity contribution in [3.8, 4) is 0 Å². The van der Waals surface area contributed by atoms with Crippen molar-refractivity contribution in [1.82, 2.24) is 5.32 Å². The van der Waals surface area contributed by atoms with E-state index in [0.717, 1.165) is 0 Å². The molecule has 0 aromatic carbocycles. The van der Waals surface area contributed by atoms with Gasteiger partial charge >= 0.3 is 5.97 Å². The minimum atomic E-state index is -2.13. The summed E-state index contributed by atoms with van der Waals surface area (Å²) in [7, 11) is 0. The lowest BCUT2D eigenvalue weighted by molar-refractivity contribution is -0.389. The van der Waals surface area contributed by atoms with Crippen molar-refractivity contribution in [2.45, 2.75) is 205 Å². The molecule has 30 heteroatoms. The van der Waals surface area contributed by atoms with Crippen LogP contribution in [0, 0.1) is 5.92 Å². The molecule has 5 heterocycles. The molecular formula is C42H71NO29. The molecule has 30 unspecified atom stereocenters. The maximum absolute atomic E-state index is 12.6. The molecule has 30 nitrogen and oxygen atoms in total. The quantitative estimate of drug-likeness (QED) is 0.0448. The van der Waals surface area contributed by atoms with E-state index in [4.69, 9.17) is 47.4 Å². The largest absolute Gasteiger partial charge is 0.463 e. The van der Waals surface area contributed by atoms with Crippen molar-refractivity contribution in [3.63, 3.8) is 0 Å². The molecule has 0 saturated carbocycles. The first-order chi connectivity index (χ1) is 34.0. The zero-order valence-corrected chi connectivity index (χ0v) is 39.2. The van der Waals surface area contributed by atoms with Crippen LogP contribution in [0.3, 0.4) is 0 Å². The minimum Gasteiger partial charge on any atom is -0.463 e. The van der Waals surface area contributed by atoms with Gasteiger partial charge in [0.15, 0.2) is 31.5 Å². The van der Waals surface area contributed by atoms with Gasteiger partial charge in [-0.3, -0.25) is 4.79 Å². The normalized spacial score (nSPS) is 49.7. The second-order valence-electron chi connectivity index (χ2n) is 18.9. The second kappa shape index (κ2) is 25.5. The van der Waals surface area contributed by atoms with Crippen LogP contribution in [0.5, 0.6) is 0 Å². The van der Waals surface area contributed by atoms with E-state index >= 15 is 0 Å². The molecule has 0 amide bonds. The van der Waals surface area contributed by atoms with Gasteiger partial charge in [-0.15, -0.1) is 0 Å². The molecule has 0 bridgehead atoms. The van der Waals surface area contributed by atoms with Crippen molar-refractivity contribution in [2.24, 2.45) is 5.92 Å². The highest BCUT2D eigenvalue weighted by molar-refractivity contribution is 5.69. The molecule has 0 spiro atoms. The summed E-state index contributed by atoms with van der Waals surface area (Å²) >= 11 is 0. The van der Waals surface area contributed by atoms with Crippen LogP contribution >= 0.6 is 0 Å². The third-order valence-corrected chi connectivity index (χ3v) is 13.8. The van der Waals surface area contributed by atoms with Crippen LogP contribution in [0.2, 0.25) is 0 Å². The van der Waals surface area contributed by atoms with E-state index in [1.165, 1.54) is 26.8 Å². The summed E-state index contributed by atoms with van der Waals surface area (Å²) in [6.07, 6.45) is -45.8. The van der Waals surface area contributed by atoms with Gasteiger partial charge in [-0.2, -0.15) is 0 Å². The number of hydrogen-bond donors (Lipinski definition) is 19. The monoisotopic (exact) mass is 1050 g/mol. The highest BCUT2D eigenvalue weighted by Crippen LogP contribution is 2.37. The van der Waals surface area contributed by atoms with E-state index in [1.807, 2.05) is 0 Å². The van der Waals surface area contributed by atoms with Crippen LogP contribution in [0.15, 0.2) is 11.6 Å². The van der Waals surface area contributed by atoms with E-state index in [1.54, 1.807) is 0 Å². The Morgan fingerprint density at radius 1 is 0.556 bits per heavy atom. The number of hydrogen-bond acceptors (Lipinski definition) is 30. The number of nitrogens with one attached hydrogen (secondary N) is 1. The Balaban J connectivity index is 1.13. The Hall–Kier alpha value is -1.91. The molecule has 6 aliphatic rings. The summed E-state index contributed by atoms with van der Waals surface area (Å²) < 4.78 is 57.0. The van der Waals surface area contributed by atoms with Gasteiger partial charge < -0.3 is 145 Å². The van der Waals surface area contributed by atoms with E-state index in [-0.39, 0.29) is 5.57 Å². The Morgan fingerprint density at radius 2 is 1.00 bits per heavy atom. The number of rotatable bonds is 18. The number of ether oxygens (including phenoxy) is 10. The predicted molar refractivity (Wildman–Crippen MR) is 226 cm³/mol. The summed E-state index contributed by atoms with van der Waals surface area (Å²) in [4.78, 5) is 12.6. The maximum atomic E-state index is 12.6. The number of aliphatic hydroxyl groups excluding tert-OH is 18. The molecule has 19 N–H and O–H groups in total. The van der Waals surface area contributed by atoms with Crippen molar-refractivity contribution < 1.29 is 144 Å². The van der Waals surface area contributed by atoms with Gasteiger partial charge in [0.2, 0.25) is 0 Å². The second-order valence-corrected chi connectivity index (χ2v) is 18.9. The topological polar surface area (TPSA) is 486 Å². The summed E-state index contributed by atoms with van der Waals surface area (Å²) in [5.74, 6) is -2.03. The zero-order chi connectivity index (χ0) is 53.2. The third-order valence-electron chi connectivity index (χ3n) is 13.8. The summed E-state index contributed by atoms with van der Waals surface area (Å²) in [6, 6.07) is -2.30. The zero-order valence-electron chi connectivity index (χ0n) is 39.2. The summed E-state index contributed by atoms with van der Waals surface area (Å²) in [6.45, 7) is 0.112. The van der Waals surface area contributed by atoms with Gasteiger partial charge in [0.1, 0.15) is 123 Å². The first-order valence-electron chi connectivity index (χ1n) is 23.5. The Bertz CT molecular complexity index is 1730. The van der Waals surface area contributed by atoms with Gasteiger partial charge in [-0.1, -0.05) is 13.0 Å². The highest BCUT2D eigenvalue weighted by atomic mass is 16.8. The molecule has 0 radical (unpaired) electrons. The van der Waals surface area contributed by atoms with Crippen LogP contribution in [0.25, 0.3) is 0 Å². The Kier molecular flexibility index (Phi) is 21.0. The minimum absolute atomic E-state index is 0.0162. The van der Waals surface area contributed by atoms with E-state index in [0.29, 0.717) is 0 Å². The number of carbonyl (C=O) groups is 1. The molecule has 5 saturated heterocycles. The van der Waals surface area contributed by atoms with Crippen LogP contribution < -0.4 is 5.32 Å². The maximum Gasteiger partial charge on any atom is 0.308 e. The molecule has 6 rings (SSSR count). The SMILES string of the molecule is CC(O)CC(=O)OCC1OC(OC2C(CO)OC(OC3C(CO)OC(OC4C(CO)OC(O)C(O)C4O)C(O)C3O)C(O)C2O)C(O)C(C)C1OC1OC(C)C(NC2C=C(CO)C(O)C(O)C2O)C(O)C1O. The molecule has 1 aliphatic carbocycles. The van der Waals surface area contributed by atoms with Gasteiger partial charge in [0.25, 0.3) is 0 Å². The molecular weight excluding hydrogens is 982 g/mol. The summed E-state index contributed by atoms with van der Waals surface area (Å²) in [5.41, 5.74) is -0.0162. The average molecular weight is 1050 g/mol. The van der Waals surface area contributed by atoms with E-state index in [2.05, 4.69) is 5.32 Å². The van der Waals surface area contributed by atoms with Crippen molar-refractivity contribution in [3.05, 3.63) is 11.6 Å². The molecule has 5 fully saturated rings. The number of aliphatic hydroxyl groups is 18. The first-order valence-corrected chi connectivity index (χ1v) is 23.5. The highest BCUT2D eigenvalue weighted by Gasteiger charge is 2.56. The Morgan fingerprint density at radius 3 is 1.50 bits per heavy atom. The lowest BCUT2D eigenvalue weighted by atomic mass is 9.86. The summed E-state index contributed by atoms with van der Waals surface area (Å²) in [5, 5.41) is 193. The Labute approximate surface area is 410 Å². The van der Waals surface area contributed by atoms with Crippen molar-refractivity contribution in [2.75, 3.05) is 33.0 Å². The van der Waals surface area contributed by atoms with Crippen LogP contribution in [0.1, 0.15) is 27.2 Å². The molecule has 0 aromatic heterocycles. The van der Waals surface area contributed by atoms with Gasteiger partial charge in [0.05, 0.1) is 63.2 Å². The first kappa shape index (κ1) is 59.3. The molecule has 72 heavy (non-hydrogen) atoms. The third kappa shape index (κ3) is 12.7. The van der Waals surface area contributed by atoms with E-state index in [9.17, 15) is 96.7 Å². The molecule has 418 valence electrons. The van der Waals surface area contributed by atoms with Crippen LogP contribution in [0.4, 0.5) is 0 Å². The van der Waals surface area contributed by atoms with Crippen LogP contribution in [-0.4, -0.2) is 309 Å². The fourth-order valence-corrected chi connectivity index (χ4v) is 9.50. The van der Waals surface area contributed by atoms with Gasteiger partial charge in [0, 0.05) is 5.92 Å². The fourth-order valence-electron chi connectivity index (χ4n) is 9.50. The number of esters is 1. The fraction of sp³-hybridized carbons (Fsp3) is 0.929.